The van der Waals surface area contributed by atoms with E-state index in [4.69, 9.17) is 0 Å². The van der Waals surface area contributed by atoms with Crippen LogP contribution in [0, 0.1) is 0 Å². The number of hydrogen-bond donors (Lipinski definition) is 2. The van der Waals surface area contributed by atoms with Crippen LogP contribution >= 0.6 is 23.1 Å². The summed E-state index contributed by atoms with van der Waals surface area (Å²) in [6.07, 6.45) is 3.02. The molecule has 8 heteroatoms. The van der Waals surface area contributed by atoms with E-state index in [2.05, 4.69) is 10.0 Å². The van der Waals surface area contributed by atoms with Gasteiger partial charge >= 0.3 is 0 Å². The van der Waals surface area contributed by atoms with Gasteiger partial charge in [-0.05, 0) is 42.0 Å². The van der Waals surface area contributed by atoms with Crippen LogP contribution in [0.2, 0.25) is 0 Å². The third-order valence-corrected chi connectivity index (χ3v) is 4.76. The summed E-state index contributed by atoms with van der Waals surface area (Å²) in [6, 6.07) is 8.99. The summed E-state index contributed by atoms with van der Waals surface area (Å²) in [7, 11) is -3.41. The van der Waals surface area contributed by atoms with Crippen molar-refractivity contribution in [3.05, 3.63) is 40.6 Å². The fourth-order valence-electron chi connectivity index (χ4n) is 1.63. The van der Waals surface area contributed by atoms with Crippen molar-refractivity contribution < 1.29 is 13.2 Å². The van der Waals surface area contributed by atoms with Gasteiger partial charge in [-0.2, -0.15) is 0 Å². The summed E-state index contributed by atoms with van der Waals surface area (Å²) in [5, 5.41) is 4.42. The zero-order valence-corrected chi connectivity index (χ0v) is 13.9. The highest BCUT2D eigenvalue weighted by Gasteiger charge is 2.16. The van der Waals surface area contributed by atoms with E-state index in [1.807, 2.05) is 18.4 Å². The number of thioether (sulfide) groups is 1. The van der Waals surface area contributed by atoms with Gasteiger partial charge in [0.25, 0.3) is 5.91 Å². The molecule has 0 aliphatic heterocycles. The Balaban J connectivity index is 2.15. The van der Waals surface area contributed by atoms with Crippen LogP contribution in [-0.4, -0.2) is 26.8 Å². The van der Waals surface area contributed by atoms with E-state index in [9.17, 15) is 13.2 Å². The highest BCUT2D eigenvalue weighted by molar-refractivity contribution is 7.98. The maximum absolute atomic E-state index is 12.2. The summed E-state index contributed by atoms with van der Waals surface area (Å²) in [5.41, 5.74) is 0.956. The number of benzene rings is 1. The smallest absolute Gasteiger partial charge is 0.267 e. The zero-order chi connectivity index (χ0) is 15.5. The standard InChI is InChI=1S/C13H14N2O3S3/c1-19-10-5-3-9(4-6-10)14-13(16)12-11(7-8-20-12)15-21(2,17)18/h3-8,15H,1-2H3,(H,14,16). The van der Waals surface area contributed by atoms with Gasteiger partial charge in [0.05, 0.1) is 11.9 Å². The molecule has 0 saturated heterocycles. The third-order valence-electron chi connectivity index (χ3n) is 2.51. The van der Waals surface area contributed by atoms with Crippen LogP contribution in [0.5, 0.6) is 0 Å². The molecular formula is C13H14N2O3S3. The fraction of sp³-hybridized carbons (Fsp3) is 0.154. The number of nitrogens with one attached hydrogen (secondary N) is 2. The number of hydrogen-bond acceptors (Lipinski definition) is 5. The van der Waals surface area contributed by atoms with Crippen molar-refractivity contribution in [3.63, 3.8) is 0 Å². The van der Waals surface area contributed by atoms with Crippen LogP contribution in [0.1, 0.15) is 9.67 Å². The van der Waals surface area contributed by atoms with Crippen molar-refractivity contribution in [1.82, 2.24) is 0 Å². The van der Waals surface area contributed by atoms with Crippen molar-refractivity contribution >= 4 is 50.4 Å². The van der Waals surface area contributed by atoms with E-state index in [0.29, 0.717) is 16.3 Å². The summed E-state index contributed by atoms with van der Waals surface area (Å²) in [4.78, 5) is 13.6. The van der Waals surface area contributed by atoms with E-state index in [1.165, 1.54) is 11.3 Å². The Morgan fingerprint density at radius 1 is 1.19 bits per heavy atom. The minimum atomic E-state index is -3.41. The number of anilines is 2. The predicted molar refractivity (Wildman–Crippen MR) is 89.0 cm³/mol. The van der Waals surface area contributed by atoms with Crippen molar-refractivity contribution in [2.75, 3.05) is 22.6 Å². The molecule has 1 aromatic heterocycles. The Morgan fingerprint density at radius 2 is 1.86 bits per heavy atom. The minimum absolute atomic E-state index is 0.292. The minimum Gasteiger partial charge on any atom is -0.321 e. The van der Waals surface area contributed by atoms with Crippen molar-refractivity contribution in [2.24, 2.45) is 0 Å². The van der Waals surface area contributed by atoms with Gasteiger partial charge in [0, 0.05) is 10.6 Å². The second kappa shape index (κ2) is 6.50. The summed E-state index contributed by atoms with van der Waals surface area (Å²) in [5.74, 6) is -0.340. The highest BCUT2D eigenvalue weighted by Crippen LogP contribution is 2.25. The normalized spacial score (nSPS) is 11.1. The first-order valence-corrected chi connectivity index (χ1v) is 9.89. The van der Waals surface area contributed by atoms with Crippen molar-refractivity contribution in [3.8, 4) is 0 Å². The lowest BCUT2D eigenvalue weighted by Gasteiger charge is -2.07. The van der Waals surface area contributed by atoms with E-state index in [-0.39, 0.29) is 5.91 Å². The first kappa shape index (κ1) is 15.9. The lowest BCUT2D eigenvalue weighted by Crippen LogP contribution is -2.15. The quantitative estimate of drug-likeness (QED) is 0.819. The van der Waals surface area contributed by atoms with Crippen LogP contribution in [0.15, 0.2) is 40.6 Å². The Hall–Kier alpha value is -1.51. The van der Waals surface area contributed by atoms with E-state index >= 15 is 0 Å². The molecule has 1 heterocycles. The Bertz CT molecular complexity index is 736. The molecule has 0 fully saturated rings. The summed E-state index contributed by atoms with van der Waals surface area (Å²) < 4.78 is 24.9. The molecule has 0 aliphatic rings. The molecular weight excluding hydrogens is 328 g/mol. The van der Waals surface area contributed by atoms with Gasteiger partial charge in [-0.3, -0.25) is 9.52 Å². The molecule has 0 unspecified atom stereocenters. The van der Waals surface area contributed by atoms with Crippen LogP contribution in [0.25, 0.3) is 0 Å². The average Bonchev–Trinajstić information content (AvgIpc) is 2.85. The third kappa shape index (κ3) is 4.48. The SMILES string of the molecule is CSc1ccc(NC(=O)c2sccc2NS(C)(=O)=O)cc1. The van der Waals surface area contributed by atoms with E-state index < -0.39 is 10.0 Å². The van der Waals surface area contributed by atoms with Gasteiger partial charge in [0.2, 0.25) is 10.0 Å². The van der Waals surface area contributed by atoms with E-state index in [1.54, 1.807) is 35.3 Å². The van der Waals surface area contributed by atoms with Crippen molar-refractivity contribution in [1.29, 1.82) is 0 Å². The maximum atomic E-state index is 12.2. The molecule has 0 bridgehead atoms. The predicted octanol–water partition coefficient (Wildman–Crippen LogP) is 3.09. The molecule has 5 nitrogen and oxygen atoms in total. The Labute approximate surface area is 131 Å². The molecule has 2 rings (SSSR count). The van der Waals surface area contributed by atoms with Crippen LogP contribution in [0.3, 0.4) is 0 Å². The molecule has 0 atom stereocenters. The highest BCUT2D eigenvalue weighted by atomic mass is 32.2. The number of sulfonamides is 1. The lowest BCUT2D eigenvalue weighted by molar-refractivity contribution is 0.103. The number of amides is 1. The molecule has 2 N–H and O–H groups in total. The zero-order valence-electron chi connectivity index (χ0n) is 11.4. The molecule has 0 aliphatic carbocycles. The molecule has 2 aromatic rings. The summed E-state index contributed by atoms with van der Waals surface area (Å²) in [6.45, 7) is 0. The lowest BCUT2D eigenvalue weighted by atomic mass is 10.3. The second-order valence-electron chi connectivity index (χ2n) is 4.22. The largest absolute Gasteiger partial charge is 0.321 e. The van der Waals surface area contributed by atoms with Gasteiger partial charge in [-0.25, -0.2) is 8.42 Å². The number of carbonyl (C=O) groups excluding carboxylic acids is 1. The molecule has 1 aromatic carbocycles. The van der Waals surface area contributed by atoms with Gasteiger partial charge < -0.3 is 5.32 Å². The van der Waals surface area contributed by atoms with Gasteiger partial charge in [0.15, 0.2) is 0 Å². The maximum Gasteiger partial charge on any atom is 0.267 e. The van der Waals surface area contributed by atoms with Crippen LogP contribution in [-0.2, 0) is 10.0 Å². The fourth-order valence-corrected chi connectivity index (χ4v) is 3.41. The average molecular weight is 342 g/mol. The molecule has 112 valence electrons. The molecule has 21 heavy (non-hydrogen) atoms. The molecule has 1 amide bonds. The Kier molecular flexibility index (Phi) is 4.92. The van der Waals surface area contributed by atoms with Gasteiger partial charge in [-0.1, -0.05) is 0 Å². The monoisotopic (exact) mass is 342 g/mol. The molecule has 0 saturated carbocycles. The van der Waals surface area contributed by atoms with Gasteiger partial charge in [-0.15, -0.1) is 23.1 Å². The van der Waals surface area contributed by atoms with Crippen LogP contribution in [0.4, 0.5) is 11.4 Å². The number of carbonyl (C=O) groups is 1. The van der Waals surface area contributed by atoms with Crippen molar-refractivity contribution in [2.45, 2.75) is 4.90 Å². The Morgan fingerprint density at radius 3 is 2.43 bits per heavy atom. The summed E-state index contributed by atoms with van der Waals surface area (Å²) >= 11 is 2.80. The molecule has 0 spiro atoms. The topological polar surface area (TPSA) is 75.3 Å². The van der Waals surface area contributed by atoms with Crippen LogP contribution < -0.4 is 10.0 Å². The first-order chi connectivity index (χ1) is 9.89. The number of rotatable bonds is 5. The molecule has 0 radical (unpaired) electrons. The first-order valence-electron chi connectivity index (χ1n) is 5.90. The van der Waals surface area contributed by atoms with Gasteiger partial charge in [0.1, 0.15) is 4.88 Å². The number of thiophene rings is 1. The van der Waals surface area contributed by atoms with E-state index in [0.717, 1.165) is 11.2 Å². The second-order valence-corrected chi connectivity index (χ2v) is 7.76.